The molecule has 0 aliphatic carbocycles. The number of carboxylic acid groups (broad SMARTS) is 1. The van der Waals surface area contributed by atoms with Crippen molar-refractivity contribution in [2.75, 3.05) is 7.11 Å². The van der Waals surface area contributed by atoms with E-state index in [1.807, 2.05) is 0 Å². The van der Waals surface area contributed by atoms with Crippen LogP contribution in [-0.4, -0.2) is 63.5 Å². The van der Waals surface area contributed by atoms with Crippen molar-refractivity contribution in [2.24, 2.45) is 0 Å². The molecule has 1 heterocycles. The molecule has 0 radical (unpaired) electrons. The highest BCUT2D eigenvalue weighted by Gasteiger charge is 2.42. The summed E-state index contributed by atoms with van der Waals surface area (Å²) < 4.78 is 84.6. The number of carbonyl (C=O) groups is 2. The molecule has 1 aliphatic heterocycles. The van der Waals surface area contributed by atoms with Gasteiger partial charge in [-0.25, -0.2) is 9.59 Å². The summed E-state index contributed by atoms with van der Waals surface area (Å²) in [6, 6.07) is -1.31. The molecule has 0 aromatic heterocycles. The topological polar surface area (TPSA) is 90.3 Å². The minimum atomic E-state index is -5.07. The SMILES string of the molecule is C#CC(O)CC1CC(N(Cc2cc(C(F)(F)F)cc(C(F)(F)F)c2)C(=O)OC)CC(CC)N1C(=O)O. The van der Waals surface area contributed by atoms with Crippen LogP contribution in [0.15, 0.2) is 18.2 Å². The summed E-state index contributed by atoms with van der Waals surface area (Å²) in [5.41, 5.74) is -3.49. The molecule has 200 valence electrons. The molecule has 36 heavy (non-hydrogen) atoms. The Morgan fingerprint density at radius 1 is 1.14 bits per heavy atom. The van der Waals surface area contributed by atoms with Gasteiger partial charge in [-0.3, -0.25) is 0 Å². The Kier molecular flexibility index (Phi) is 9.12. The second kappa shape index (κ2) is 11.3. The van der Waals surface area contributed by atoms with Gasteiger partial charge < -0.3 is 24.7 Å². The molecule has 1 fully saturated rings. The molecule has 2 amide bonds. The zero-order valence-corrected chi connectivity index (χ0v) is 19.4. The lowest BCUT2D eigenvalue weighted by molar-refractivity contribution is -0.143. The predicted molar refractivity (Wildman–Crippen MR) is 115 cm³/mol. The standard InChI is InChI=1S/C23H26F6N2O5/c1-4-16-9-17(10-18(11-19(32)5-2)31(16)20(33)34)30(21(35)36-3)12-13-6-14(22(24,25)26)8-15(7-13)23(27,28)29/h2,6-8,16-19,32H,4,9-12H2,1,3H3,(H,33,34). The summed E-state index contributed by atoms with van der Waals surface area (Å²) >= 11 is 0. The van der Waals surface area contributed by atoms with Gasteiger partial charge in [0.15, 0.2) is 0 Å². The Morgan fingerprint density at radius 3 is 2.08 bits per heavy atom. The number of carbonyl (C=O) groups excluding carboxylic acids is 1. The number of benzene rings is 1. The predicted octanol–water partition coefficient (Wildman–Crippen LogP) is 4.97. The largest absolute Gasteiger partial charge is 0.465 e. The highest BCUT2D eigenvalue weighted by atomic mass is 19.4. The third-order valence-corrected chi connectivity index (χ3v) is 6.11. The Bertz CT molecular complexity index is 958. The molecule has 0 saturated carbocycles. The van der Waals surface area contributed by atoms with Crippen molar-refractivity contribution in [2.45, 2.75) is 75.7 Å². The average Bonchev–Trinajstić information content (AvgIpc) is 2.79. The monoisotopic (exact) mass is 524 g/mol. The number of terminal acetylenes is 1. The van der Waals surface area contributed by atoms with Crippen LogP contribution in [0.4, 0.5) is 35.9 Å². The minimum absolute atomic E-state index is 0.0122. The van der Waals surface area contributed by atoms with Crippen molar-refractivity contribution in [1.29, 1.82) is 0 Å². The van der Waals surface area contributed by atoms with Crippen molar-refractivity contribution >= 4 is 12.2 Å². The summed E-state index contributed by atoms with van der Waals surface area (Å²) in [6.45, 7) is 1.03. The zero-order valence-electron chi connectivity index (χ0n) is 19.4. The molecule has 7 nitrogen and oxygen atoms in total. The maximum Gasteiger partial charge on any atom is 0.416 e. The van der Waals surface area contributed by atoms with E-state index in [0.29, 0.717) is 18.6 Å². The van der Waals surface area contributed by atoms with E-state index in [2.05, 4.69) is 5.92 Å². The van der Waals surface area contributed by atoms with Gasteiger partial charge in [-0.05, 0) is 43.0 Å². The molecule has 4 unspecified atom stereocenters. The number of hydrogen-bond donors (Lipinski definition) is 2. The van der Waals surface area contributed by atoms with E-state index in [1.54, 1.807) is 6.92 Å². The second-order valence-corrected chi connectivity index (χ2v) is 8.46. The molecule has 0 bridgehead atoms. The smallest absolute Gasteiger partial charge is 0.416 e. The van der Waals surface area contributed by atoms with Gasteiger partial charge in [0.25, 0.3) is 0 Å². The lowest BCUT2D eigenvalue weighted by Gasteiger charge is -2.46. The van der Waals surface area contributed by atoms with E-state index in [0.717, 1.165) is 16.9 Å². The number of halogens is 6. The summed E-state index contributed by atoms with van der Waals surface area (Å²) in [5.74, 6) is 2.08. The second-order valence-electron chi connectivity index (χ2n) is 8.46. The van der Waals surface area contributed by atoms with Crippen LogP contribution in [0.25, 0.3) is 0 Å². The Morgan fingerprint density at radius 2 is 1.67 bits per heavy atom. The van der Waals surface area contributed by atoms with Gasteiger partial charge in [-0.2, -0.15) is 26.3 Å². The van der Waals surface area contributed by atoms with Crippen molar-refractivity contribution < 1.29 is 50.9 Å². The fraction of sp³-hybridized carbons (Fsp3) is 0.565. The molecule has 0 spiro atoms. The van der Waals surface area contributed by atoms with Crippen molar-refractivity contribution in [3.05, 3.63) is 34.9 Å². The molecule has 1 aromatic carbocycles. The maximum atomic E-state index is 13.3. The Labute approximate surface area is 203 Å². The lowest BCUT2D eigenvalue weighted by Crippen LogP contribution is -2.57. The zero-order chi connectivity index (χ0) is 27.4. The quantitative estimate of drug-likeness (QED) is 0.405. The number of aliphatic hydroxyl groups excluding tert-OH is 1. The number of nitrogens with zero attached hydrogens (tertiary/aromatic N) is 2. The van der Waals surface area contributed by atoms with E-state index in [9.17, 15) is 46.1 Å². The highest BCUT2D eigenvalue weighted by Crippen LogP contribution is 2.37. The first kappa shape index (κ1) is 29.1. The molecule has 1 aromatic rings. The number of ether oxygens (including phenoxy) is 1. The third kappa shape index (κ3) is 6.96. The van der Waals surface area contributed by atoms with E-state index >= 15 is 0 Å². The normalized spacial score (nSPS) is 21.4. The van der Waals surface area contributed by atoms with Crippen LogP contribution in [-0.2, 0) is 23.6 Å². The molecular weight excluding hydrogens is 498 g/mol. The summed E-state index contributed by atoms with van der Waals surface area (Å²) in [6.07, 6.45) is -8.43. The van der Waals surface area contributed by atoms with Gasteiger partial charge in [0, 0.05) is 31.1 Å². The van der Waals surface area contributed by atoms with Gasteiger partial charge in [-0.1, -0.05) is 12.8 Å². The number of likely N-dealkylation sites (tertiary alicyclic amines) is 1. The van der Waals surface area contributed by atoms with Crippen molar-refractivity contribution in [1.82, 2.24) is 9.80 Å². The van der Waals surface area contributed by atoms with Crippen LogP contribution in [0.1, 0.15) is 49.3 Å². The van der Waals surface area contributed by atoms with Gasteiger partial charge in [-0.15, -0.1) is 6.42 Å². The fourth-order valence-electron chi connectivity index (χ4n) is 4.48. The Balaban J connectivity index is 2.50. The number of aliphatic hydroxyl groups is 1. The van der Waals surface area contributed by atoms with Gasteiger partial charge in [0.05, 0.1) is 18.2 Å². The number of piperidine rings is 1. The summed E-state index contributed by atoms with van der Waals surface area (Å²) in [4.78, 5) is 26.6. The number of hydrogen-bond acceptors (Lipinski definition) is 4. The van der Waals surface area contributed by atoms with E-state index < -0.39 is 72.0 Å². The van der Waals surface area contributed by atoms with E-state index in [1.165, 1.54) is 0 Å². The first-order chi connectivity index (χ1) is 16.6. The Hall–Kier alpha value is -3.14. The molecule has 1 saturated heterocycles. The number of methoxy groups -OCH3 is 1. The van der Waals surface area contributed by atoms with Gasteiger partial charge in [0.1, 0.15) is 6.10 Å². The first-order valence-electron chi connectivity index (χ1n) is 10.9. The first-order valence-corrected chi connectivity index (χ1v) is 10.9. The highest BCUT2D eigenvalue weighted by molar-refractivity contribution is 5.69. The lowest BCUT2D eigenvalue weighted by atomic mass is 9.86. The van der Waals surface area contributed by atoms with Crippen LogP contribution in [0.3, 0.4) is 0 Å². The third-order valence-electron chi connectivity index (χ3n) is 6.11. The van der Waals surface area contributed by atoms with Gasteiger partial charge in [0.2, 0.25) is 0 Å². The van der Waals surface area contributed by atoms with Crippen LogP contribution in [0.5, 0.6) is 0 Å². The molecule has 4 atom stereocenters. The number of alkyl halides is 6. The molecular formula is C23H26F6N2O5. The van der Waals surface area contributed by atoms with Crippen molar-refractivity contribution in [3.63, 3.8) is 0 Å². The summed E-state index contributed by atoms with van der Waals surface area (Å²) in [7, 11) is 1.01. The van der Waals surface area contributed by atoms with Crippen LogP contribution < -0.4 is 0 Å². The van der Waals surface area contributed by atoms with Crippen LogP contribution in [0, 0.1) is 12.3 Å². The summed E-state index contributed by atoms with van der Waals surface area (Å²) in [5, 5.41) is 19.6. The van der Waals surface area contributed by atoms with Gasteiger partial charge >= 0.3 is 24.5 Å². The van der Waals surface area contributed by atoms with Crippen LogP contribution >= 0.6 is 0 Å². The number of amides is 2. The molecule has 2 rings (SSSR count). The molecule has 1 aliphatic rings. The number of rotatable bonds is 6. The van der Waals surface area contributed by atoms with E-state index in [-0.39, 0.29) is 25.3 Å². The van der Waals surface area contributed by atoms with Crippen LogP contribution in [0.2, 0.25) is 0 Å². The average molecular weight is 524 g/mol. The van der Waals surface area contributed by atoms with Crippen molar-refractivity contribution in [3.8, 4) is 12.3 Å². The molecule has 2 N–H and O–H groups in total. The minimum Gasteiger partial charge on any atom is -0.465 e. The molecule has 13 heteroatoms. The fourth-order valence-corrected chi connectivity index (χ4v) is 4.48. The van der Waals surface area contributed by atoms with E-state index in [4.69, 9.17) is 11.2 Å². The maximum absolute atomic E-state index is 13.3.